The molecule has 3 saturated heterocycles. The molecule has 2 bridgehead atoms. The number of nitrogens with zero attached hydrogens (tertiary/aromatic N) is 3. The number of morpholine rings is 1. The lowest BCUT2D eigenvalue weighted by Gasteiger charge is -2.46. The molecule has 150 valence electrons. The quantitative estimate of drug-likeness (QED) is 0.706. The van der Waals surface area contributed by atoms with Crippen LogP contribution in [0.5, 0.6) is 0 Å². The van der Waals surface area contributed by atoms with Crippen LogP contribution in [-0.4, -0.2) is 35.5 Å². The number of ether oxygens (including phenoxy) is 1. The molecule has 5 nitrogen and oxygen atoms in total. The molecule has 0 saturated carbocycles. The third kappa shape index (κ3) is 3.29. The van der Waals surface area contributed by atoms with Crippen molar-refractivity contribution in [3.8, 4) is 0 Å². The van der Waals surface area contributed by atoms with Crippen LogP contribution in [0.4, 0.5) is 20.2 Å². The summed E-state index contributed by atoms with van der Waals surface area (Å²) in [5.41, 5.74) is 2.89. The van der Waals surface area contributed by atoms with Gasteiger partial charge in [-0.25, -0.2) is 8.78 Å². The van der Waals surface area contributed by atoms with Crippen LogP contribution >= 0.6 is 0 Å². The summed E-state index contributed by atoms with van der Waals surface area (Å²) in [6.07, 6.45) is 4.17. The highest BCUT2D eigenvalue weighted by Crippen LogP contribution is 2.34. The molecule has 1 aromatic heterocycles. The first kappa shape index (κ1) is 18.2. The topological polar surface area (TPSA) is 50.3 Å². The van der Waals surface area contributed by atoms with E-state index in [1.165, 1.54) is 6.07 Å². The Kier molecular flexibility index (Phi) is 4.54. The zero-order valence-corrected chi connectivity index (χ0v) is 16.1. The standard InChI is InChI=1S/C22H22F2N4O/c1-13(17-3-2-4-19(23)22(17)24)26-21-10-25-27-20-8-6-14(9-18(20)21)28-11-16-7-5-15(28)12-29-16/h2-4,6,8-10,13,15-16H,5,7,11-12H2,1H3,(H,26,27)/t13-,15?,16?/m1/s1. The van der Waals surface area contributed by atoms with Gasteiger partial charge in [0.05, 0.1) is 42.2 Å². The van der Waals surface area contributed by atoms with Gasteiger partial charge in [0, 0.05) is 23.2 Å². The molecular weight excluding hydrogens is 374 g/mol. The molecule has 7 heteroatoms. The fourth-order valence-corrected chi connectivity index (χ4v) is 4.37. The molecule has 1 N–H and O–H groups in total. The summed E-state index contributed by atoms with van der Waals surface area (Å²) in [6.45, 7) is 3.45. The van der Waals surface area contributed by atoms with E-state index in [4.69, 9.17) is 4.74 Å². The Labute approximate surface area is 167 Å². The Hall–Kier alpha value is -2.80. The van der Waals surface area contributed by atoms with E-state index < -0.39 is 17.7 Å². The molecular formula is C22H22F2N4O. The first-order valence-electron chi connectivity index (χ1n) is 9.94. The second-order valence-electron chi connectivity index (χ2n) is 7.81. The van der Waals surface area contributed by atoms with Crippen molar-refractivity contribution in [2.75, 3.05) is 23.4 Å². The van der Waals surface area contributed by atoms with Crippen LogP contribution in [0.3, 0.4) is 0 Å². The number of halogens is 2. The molecule has 3 aromatic rings. The fraction of sp³-hybridized carbons (Fsp3) is 0.364. The predicted molar refractivity (Wildman–Crippen MR) is 108 cm³/mol. The number of benzene rings is 2. The van der Waals surface area contributed by atoms with Crippen molar-refractivity contribution in [3.63, 3.8) is 0 Å². The number of rotatable bonds is 4. The van der Waals surface area contributed by atoms with E-state index in [1.54, 1.807) is 19.2 Å². The zero-order chi connectivity index (χ0) is 20.0. The second kappa shape index (κ2) is 7.22. The van der Waals surface area contributed by atoms with Gasteiger partial charge in [0.15, 0.2) is 11.6 Å². The average Bonchev–Trinajstić information content (AvgIpc) is 2.76. The molecule has 6 rings (SSSR count). The maximum atomic E-state index is 14.2. The van der Waals surface area contributed by atoms with Crippen molar-refractivity contribution in [3.05, 3.63) is 59.8 Å². The minimum absolute atomic E-state index is 0.275. The fourth-order valence-electron chi connectivity index (χ4n) is 4.37. The van der Waals surface area contributed by atoms with Crippen molar-refractivity contribution < 1.29 is 13.5 Å². The largest absolute Gasteiger partial charge is 0.377 e. The van der Waals surface area contributed by atoms with Gasteiger partial charge < -0.3 is 15.0 Å². The van der Waals surface area contributed by atoms with Gasteiger partial charge in [-0.3, -0.25) is 0 Å². The summed E-state index contributed by atoms with van der Waals surface area (Å²) in [7, 11) is 0. The summed E-state index contributed by atoms with van der Waals surface area (Å²) in [5, 5.41) is 12.5. The van der Waals surface area contributed by atoms with Crippen molar-refractivity contribution in [1.29, 1.82) is 0 Å². The summed E-state index contributed by atoms with van der Waals surface area (Å²) >= 11 is 0. The van der Waals surface area contributed by atoms with Crippen LogP contribution in [0, 0.1) is 11.6 Å². The van der Waals surface area contributed by atoms with E-state index in [1.807, 2.05) is 6.07 Å². The lowest BCUT2D eigenvalue weighted by Crippen LogP contribution is -2.54. The molecule has 3 atom stereocenters. The van der Waals surface area contributed by atoms with Crippen LogP contribution in [0.1, 0.15) is 31.4 Å². The Morgan fingerprint density at radius 2 is 2.10 bits per heavy atom. The van der Waals surface area contributed by atoms with Crippen molar-refractivity contribution in [1.82, 2.24) is 10.2 Å². The van der Waals surface area contributed by atoms with Crippen LogP contribution in [-0.2, 0) is 4.74 Å². The Bertz CT molecular complexity index is 1050. The lowest BCUT2D eigenvalue weighted by molar-refractivity contribution is -0.0225. The molecule has 0 amide bonds. The van der Waals surface area contributed by atoms with Crippen molar-refractivity contribution >= 4 is 22.3 Å². The molecule has 0 aliphatic carbocycles. The Balaban J connectivity index is 1.48. The number of fused-ring (bicyclic) bond motifs is 4. The van der Waals surface area contributed by atoms with Gasteiger partial charge in [-0.2, -0.15) is 10.2 Å². The van der Waals surface area contributed by atoms with Crippen molar-refractivity contribution in [2.45, 2.75) is 38.0 Å². The van der Waals surface area contributed by atoms with Gasteiger partial charge in [-0.1, -0.05) is 12.1 Å². The van der Waals surface area contributed by atoms with Gasteiger partial charge in [0.25, 0.3) is 0 Å². The van der Waals surface area contributed by atoms with E-state index in [0.717, 1.165) is 54.3 Å². The SMILES string of the molecule is C[C@@H](Nc1cnnc2ccc(N3CC4CCC3CO4)cc12)c1cccc(F)c1F. The molecule has 29 heavy (non-hydrogen) atoms. The molecule has 4 heterocycles. The van der Waals surface area contributed by atoms with Crippen LogP contribution in [0.2, 0.25) is 0 Å². The van der Waals surface area contributed by atoms with E-state index in [9.17, 15) is 8.78 Å². The van der Waals surface area contributed by atoms with Crippen molar-refractivity contribution in [2.24, 2.45) is 0 Å². The van der Waals surface area contributed by atoms with Crippen LogP contribution < -0.4 is 10.2 Å². The monoisotopic (exact) mass is 396 g/mol. The molecule has 3 aliphatic rings. The maximum Gasteiger partial charge on any atom is 0.164 e. The van der Waals surface area contributed by atoms with Gasteiger partial charge in [0.1, 0.15) is 0 Å². The molecule has 0 spiro atoms. The molecule has 3 fully saturated rings. The number of anilines is 2. The highest BCUT2D eigenvalue weighted by atomic mass is 19.2. The number of piperidine rings is 1. The summed E-state index contributed by atoms with van der Waals surface area (Å²) in [5.74, 6) is -1.68. The van der Waals surface area contributed by atoms with Gasteiger partial charge in [0.2, 0.25) is 0 Å². The van der Waals surface area contributed by atoms with E-state index in [2.05, 4.69) is 32.5 Å². The number of nitrogens with one attached hydrogen (secondary N) is 1. The first-order valence-corrected chi connectivity index (χ1v) is 9.94. The van der Waals surface area contributed by atoms with E-state index >= 15 is 0 Å². The third-order valence-corrected chi connectivity index (χ3v) is 5.96. The summed E-state index contributed by atoms with van der Waals surface area (Å²) < 4.78 is 33.6. The number of hydrogen-bond donors (Lipinski definition) is 1. The minimum Gasteiger partial charge on any atom is -0.377 e. The van der Waals surface area contributed by atoms with Gasteiger partial charge in [-0.05, 0) is 44.0 Å². The summed E-state index contributed by atoms with van der Waals surface area (Å²) in [6, 6.07) is 10.3. The molecule has 3 aliphatic heterocycles. The highest BCUT2D eigenvalue weighted by Gasteiger charge is 2.34. The normalized spacial score (nSPS) is 22.1. The predicted octanol–water partition coefficient (Wildman–Crippen LogP) is 4.45. The van der Waals surface area contributed by atoms with E-state index in [-0.39, 0.29) is 5.56 Å². The van der Waals surface area contributed by atoms with Gasteiger partial charge >= 0.3 is 0 Å². The molecule has 2 aromatic carbocycles. The summed E-state index contributed by atoms with van der Waals surface area (Å²) in [4.78, 5) is 2.40. The maximum absolute atomic E-state index is 14.2. The molecule has 0 radical (unpaired) electrons. The van der Waals surface area contributed by atoms with Gasteiger partial charge in [-0.15, -0.1) is 0 Å². The van der Waals surface area contributed by atoms with Crippen LogP contribution in [0.25, 0.3) is 10.9 Å². The average molecular weight is 396 g/mol. The minimum atomic E-state index is -0.849. The number of hydrogen-bond acceptors (Lipinski definition) is 5. The number of aromatic nitrogens is 2. The third-order valence-electron chi connectivity index (χ3n) is 5.96. The molecule has 2 unspecified atom stereocenters. The van der Waals surface area contributed by atoms with Crippen LogP contribution in [0.15, 0.2) is 42.6 Å². The van der Waals surface area contributed by atoms with E-state index in [0.29, 0.717) is 12.1 Å². The Morgan fingerprint density at radius 1 is 1.21 bits per heavy atom. The zero-order valence-electron chi connectivity index (χ0n) is 16.1. The first-order chi connectivity index (χ1) is 14.1. The Morgan fingerprint density at radius 3 is 2.86 bits per heavy atom. The highest BCUT2D eigenvalue weighted by molar-refractivity contribution is 5.93. The second-order valence-corrected chi connectivity index (χ2v) is 7.81. The smallest absolute Gasteiger partial charge is 0.164 e. The lowest BCUT2D eigenvalue weighted by atomic mass is 9.96.